The number of nitrogens with one attached hydrogen (secondary N) is 3. The molecule has 1 aromatic carbocycles. The number of hydrogen-bond acceptors (Lipinski definition) is 5. The minimum atomic E-state index is -0.877. The normalized spacial score (nSPS) is 17.4. The highest BCUT2D eigenvalue weighted by atomic mass is 16.2. The molecular weight excluding hydrogens is 402 g/mol. The van der Waals surface area contributed by atoms with Gasteiger partial charge < -0.3 is 26.6 Å². The number of benzene rings is 1. The van der Waals surface area contributed by atoms with Gasteiger partial charge in [0.1, 0.15) is 18.1 Å². The minimum Gasteiger partial charge on any atom is -0.368 e. The third-order valence-corrected chi connectivity index (χ3v) is 5.04. The molecule has 31 heavy (non-hydrogen) atoms. The monoisotopic (exact) mass is 431 g/mol. The molecule has 3 atom stereocenters. The Labute approximate surface area is 180 Å². The molecular formula is C21H29N5O5. The molecule has 0 saturated carbocycles. The van der Waals surface area contributed by atoms with E-state index in [4.69, 9.17) is 5.73 Å². The van der Waals surface area contributed by atoms with Crippen molar-refractivity contribution in [1.29, 1.82) is 0 Å². The van der Waals surface area contributed by atoms with Gasteiger partial charge in [0, 0.05) is 25.1 Å². The molecule has 0 unspecified atom stereocenters. The summed E-state index contributed by atoms with van der Waals surface area (Å²) in [6.07, 6.45) is 1.18. The lowest BCUT2D eigenvalue weighted by molar-refractivity contribution is -0.140. The third-order valence-electron chi connectivity index (χ3n) is 5.04. The largest absolute Gasteiger partial charge is 0.368 e. The zero-order valence-electron chi connectivity index (χ0n) is 17.7. The standard InChI is InChI=1S/C21H29N5O5/c1-13(24-17(27)10-11-23-20(30)15-7-4-3-5-8-15)19(29)25-14(2)21(31)26-12-6-9-16(26)18(22)28/h3-5,7-8,13-14,16H,6,9-12H2,1-2H3,(H2,22,28)(H,23,30)(H,24,27)(H,25,29)/t13-,14-,16-/m0/s1. The lowest BCUT2D eigenvalue weighted by Gasteiger charge is -2.26. The Balaban J connectivity index is 1.74. The van der Waals surface area contributed by atoms with Crippen molar-refractivity contribution in [3.05, 3.63) is 35.9 Å². The molecule has 1 saturated heterocycles. The fourth-order valence-corrected chi connectivity index (χ4v) is 3.34. The van der Waals surface area contributed by atoms with Crippen molar-refractivity contribution in [1.82, 2.24) is 20.9 Å². The molecule has 0 radical (unpaired) electrons. The first-order valence-corrected chi connectivity index (χ1v) is 10.2. The Hall–Kier alpha value is -3.43. The van der Waals surface area contributed by atoms with E-state index >= 15 is 0 Å². The molecule has 5 N–H and O–H groups in total. The van der Waals surface area contributed by atoms with Gasteiger partial charge in [-0.3, -0.25) is 24.0 Å². The average Bonchev–Trinajstić information content (AvgIpc) is 3.23. The average molecular weight is 431 g/mol. The van der Waals surface area contributed by atoms with E-state index in [9.17, 15) is 24.0 Å². The summed E-state index contributed by atoms with van der Waals surface area (Å²) in [5.74, 6) is -2.19. The maximum Gasteiger partial charge on any atom is 0.251 e. The van der Waals surface area contributed by atoms with E-state index in [-0.39, 0.29) is 18.9 Å². The van der Waals surface area contributed by atoms with Crippen LogP contribution >= 0.6 is 0 Å². The number of nitrogens with two attached hydrogens (primary N) is 1. The molecule has 10 nitrogen and oxygen atoms in total. The number of nitrogens with zero attached hydrogens (tertiary/aromatic N) is 1. The Bertz CT molecular complexity index is 829. The van der Waals surface area contributed by atoms with Crippen LogP contribution < -0.4 is 21.7 Å². The van der Waals surface area contributed by atoms with Crippen molar-refractivity contribution < 1.29 is 24.0 Å². The van der Waals surface area contributed by atoms with Crippen molar-refractivity contribution in [2.75, 3.05) is 13.1 Å². The number of carbonyl (C=O) groups is 5. The van der Waals surface area contributed by atoms with E-state index in [1.807, 2.05) is 0 Å². The van der Waals surface area contributed by atoms with Crippen molar-refractivity contribution in [2.45, 2.75) is 51.2 Å². The first-order chi connectivity index (χ1) is 14.7. The molecule has 0 spiro atoms. The van der Waals surface area contributed by atoms with Crippen molar-refractivity contribution in [3.8, 4) is 0 Å². The Morgan fingerprint density at radius 2 is 1.74 bits per heavy atom. The van der Waals surface area contributed by atoms with Gasteiger partial charge in [-0.1, -0.05) is 18.2 Å². The van der Waals surface area contributed by atoms with E-state index in [0.717, 1.165) is 0 Å². The van der Waals surface area contributed by atoms with Gasteiger partial charge in [0.2, 0.25) is 23.6 Å². The first kappa shape index (κ1) is 23.8. The maximum absolute atomic E-state index is 12.5. The molecule has 5 amide bonds. The van der Waals surface area contributed by atoms with Crippen LogP contribution in [-0.2, 0) is 19.2 Å². The fraction of sp³-hybridized carbons (Fsp3) is 0.476. The highest BCUT2D eigenvalue weighted by molar-refractivity contribution is 5.95. The third kappa shape index (κ3) is 6.80. The molecule has 0 aromatic heterocycles. The van der Waals surface area contributed by atoms with Gasteiger partial charge in [0.25, 0.3) is 5.91 Å². The SMILES string of the molecule is C[C@H](NC(=O)CCNC(=O)c1ccccc1)C(=O)N[C@@H](C)C(=O)N1CCC[C@H]1C(N)=O. The van der Waals surface area contributed by atoms with Gasteiger partial charge in [-0.2, -0.15) is 0 Å². The van der Waals surface area contributed by atoms with Gasteiger partial charge in [0.05, 0.1) is 0 Å². The van der Waals surface area contributed by atoms with Gasteiger partial charge >= 0.3 is 0 Å². The van der Waals surface area contributed by atoms with Gasteiger partial charge in [0.15, 0.2) is 0 Å². The van der Waals surface area contributed by atoms with E-state index in [2.05, 4.69) is 16.0 Å². The van der Waals surface area contributed by atoms with Crippen LogP contribution in [0.25, 0.3) is 0 Å². The molecule has 2 rings (SSSR count). The van der Waals surface area contributed by atoms with Crippen molar-refractivity contribution >= 4 is 29.5 Å². The van der Waals surface area contributed by atoms with Crippen LogP contribution in [-0.4, -0.2) is 65.7 Å². The lowest BCUT2D eigenvalue weighted by atomic mass is 10.2. The zero-order valence-corrected chi connectivity index (χ0v) is 17.7. The fourth-order valence-electron chi connectivity index (χ4n) is 3.34. The number of rotatable bonds is 9. The molecule has 1 aliphatic rings. The highest BCUT2D eigenvalue weighted by Crippen LogP contribution is 2.17. The quantitative estimate of drug-likeness (QED) is 0.407. The maximum atomic E-state index is 12.5. The molecule has 0 bridgehead atoms. The Morgan fingerprint density at radius 3 is 2.39 bits per heavy atom. The topological polar surface area (TPSA) is 151 Å². The number of carbonyl (C=O) groups excluding carboxylic acids is 5. The van der Waals surface area contributed by atoms with E-state index in [1.54, 1.807) is 30.3 Å². The summed E-state index contributed by atoms with van der Waals surface area (Å²) in [5.41, 5.74) is 5.82. The van der Waals surface area contributed by atoms with Crippen LogP contribution in [0.15, 0.2) is 30.3 Å². The smallest absolute Gasteiger partial charge is 0.251 e. The minimum absolute atomic E-state index is 0.00124. The van der Waals surface area contributed by atoms with E-state index in [0.29, 0.717) is 24.9 Å². The number of hydrogen-bond donors (Lipinski definition) is 4. The summed E-state index contributed by atoms with van der Waals surface area (Å²) in [4.78, 5) is 61.7. The first-order valence-electron chi connectivity index (χ1n) is 10.2. The summed E-state index contributed by atoms with van der Waals surface area (Å²) < 4.78 is 0. The van der Waals surface area contributed by atoms with Crippen molar-refractivity contribution in [3.63, 3.8) is 0 Å². The Morgan fingerprint density at radius 1 is 1.06 bits per heavy atom. The van der Waals surface area contributed by atoms with Gasteiger partial charge in [-0.15, -0.1) is 0 Å². The molecule has 1 fully saturated rings. The van der Waals surface area contributed by atoms with Gasteiger partial charge in [-0.25, -0.2) is 0 Å². The molecule has 168 valence electrons. The summed E-state index contributed by atoms with van der Waals surface area (Å²) in [6, 6.07) is 6.21. The number of primary amides is 1. The summed E-state index contributed by atoms with van der Waals surface area (Å²) >= 11 is 0. The van der Waals surface area contributed by atoms with Crippen LogP contribution in [0.5, 0.6) is 0 Å². The predicted octanol–water partition coefficient (Wildman–Crippen LogP) is -0.708. The summed E-state index contributed by atoms with van der Waals surface area (Å²) in [5, 5.41) is 7.72. The van der Waals surface area contributed by atoms with Gasteiger partial charge in [-0.05, 0) is 38.8 Å². The van der Waals surface area contributed by atoms with Crippen LogP contribution in [0, 0.1) is 0 Å². The summed E-state index contributed by atoms with van der Waals surface area (Å²) in [6.45, 7) is 3.54. The molecule has 10 heteroatoms. The van der Waals surface area contributed by atoms with E-state index < -0.39 is 41.8 Å². The van der Waals surface area contributed by atoms with Crippen LogP contribution in [0.3, 0.4) is 0 Å². The second-order valence-electron chi connectivity index (χ2n) is 7.48. The molecule has 0 aliphatic carbocycles. The second kappa shape index (κ2) is 11.1. The van der Waals surface area contributed by atoms with E-state index in [1.165, 1.54) is 18.7 Å². The van der Waals surface area contributed by atoms with Crippen LogP contribution in [0.2, 0.25) is 0 Å². The van der Waals surface area contributed by atoms with Crippen LogP contribution in [0.4, 0.5) is 0 Å². The van der Waals surface area contributed by atoms with Crippen molar-refractivity contribution in [2.24, 2.45) is 5.73 Å². The number of likely N-dealkylation sites (tertiary alicyclic amines) is 1. The van der Waals surface area contributed by atoms with Crippen LogP contribution in [0.1, 0.15) is 43.5 Å². The number of amides is 5. The second-order valence-corrected chi connectivity index (χ2v) is 7.48. The highest BCUT2D eigenvalue weighted by Gasteiger charge is 2.35. The Kier molecular flexibility index (Phi) is 8.53. The zero-order chi connectivity index (χ0) is 23.0. The lowest BCUT2D eigenvalue weighted by Crippen LogP contribution is -2.54. The summed E-state index contributed by atoms with van der Waals surface area (Å²) in [7, 11) is 0. The molecule has 1 aromatic rings. The molecule has 1 aliphatic heterocycles. The predicted molar refractivity (Wildman–Crippen MR) is 113 cm³/mol. The molecule has 1 heterocycles.